The summed E-state index contributed by atoms with van der Waals surface area (Å²) in [5.41, 5.74) is 1.77. The topological polar surface area (TPSA) is 15.3 Å². The van der Waals surface area contributed by atoms with Gasteiger partial charge in [-0.2, -0.15) is 0 Å². The minimum Gasteiger partial charge on any atom is -0.308 e. The number of nitrogens with zero attached hydrogens (tertiary/aromatic N) is 1. The van der Waals surface area contributed by atoms with E-state index in [0.717, 1.165) is 13.0 Å². The second-order valence-corrected chi connectivity index (χ2v) is 6.64. The molecule has 1 saturated heterocycles. The Balaban J connectivity index is 2.13. The van der Waals surface area contributed by atoms with Crippen LogP contribution in [-0.2, 0) is 6.42 Å². The molecule has 2 atom stereocenters. The van der Waals surface area contributed by atoms with Crippen LogP contribution in [0.1, 0.15) is 52.5 Å². The molecule has 0 saturated carbocycles. The zero-order valence-corrected chi connectivity index (χ0v) is 14.2. The maximum absolute atomic E-state index is 3.87. The van der Waals surface area contributed by atoms with Crippen LogP contribution in [0.25, 0.3) is 0 Å². The molecule has 1 aliphatic heterocycles. The Morgan fingerprint density at radius 2 is 1.86 bits per heavy atom. The van der Waals surface area contributed by atoms with E-state index in [1.165, 1.54) is 31.4 Å². The van der Waals surface area contributed by atoms with Gasteiger partial charge in [0.1, 0.15) is 0 Å². The molecule has 1 fully saturated rings. The summed E-state index contributed by atoms with van der Waals surface area (Å²) in [6, 6.07) is 12.2. The Morgan fingerprint density at radius 1 is 1.19 bits per heavy atom. The fourth-order valence-electron chi connectivity index (χ4n) is 3.54. The second kappa shape index (κ2) is 7.42. The molecule has 2 nitrogen and oxygen atoms in total. The highest BCUT2D eigenvalue weighted by atomic mass is 15.3. The van der Waals surface area contributed by atoms with E-state index in [0.29, 0.717) is 17.6 Å². The first-order valence-corrected chi connectivity index (χ1v) is 8.68. The third-order valence-electron chi connectivity index (χ3n) is 5.49. The van der Waals surface area contributed by atoms with Crippen molar-refractivity contribution in [3.63, 3.8) is 0 Å². The summed E-state index contributed by atoms with van der Waals surface area (Å²) in [4.78, 5) is 2.76. The van der Waals surface area contributed by atoms with Gasteiger partial charge in [-0.25, -0.2) is 0 Å². The van der Waals surface area contributed by atoms with Crippen molar-refractivity contribution in [2.45, 2.75) is 71.0 Å². The zero-order chi connectivity index (χ0) is 15.3. The molecule has 1 aliphatic rings. The van der Waals surface area contributed by atoms with Crippen LogP contribution in [0.15, 0.2) is 30.3 Å². The van der Waals surface area contributed by atoms with Crippen molar-refractivity contribution in [1.29, 1.82) is 0 Å². The first-order valence-electron chi connectivity index (χ1n) is 8.68. The lowest BCUT2D eigenvalue weighted by Crippen LogP contribution is -2.65. The predicted octanol–water partition coefficient (Wildman–Crippen LogP) is 3.86. The second-order valence-electron chi connectivity index (χ2n) is 6.64. The van der Waals surface area contributed by atoms with Crippen molar-refractivity contribution in [1.82, 2.24) is 10.2 Å². The van der Waals surface area contributed by atoms with Crippen LogP contribution >= 0.6 is 0 Å². The van der Waals surface area contributed by atoms with E-state index in [2.05, 4.69) is 68.2 Å². The molecule has 0 spiro atoms. The van der Waals surface area contributed by atoms with Gasteiger partial charge in [-0.15, -0.1) is 0 Å². The zero-order valence-electron chi connectivity index (χ0n) is 14.2. The van der Waals surface area contributed by atoms with E-state index in [-0.39, 0.29) is 0 Å². The van der Waals surface area contributed by atoms with Gasteiger partial charge >= 0.3 is 0 Å². The first-order chi connectivity index (χ1) is 10.1. The number of nitrogens with one attached hydrogen (secondary N) is 1. The molecule has 0 aliphatic carbocycles. The minimum atomic E-state index is 0.316. The monoisotopic (exact) mass is 288 g/mol. The Labute approximate surface area is 130 Å². The standard InChI is InChI=1S/C19H32N2/c1-5-16(4)21-15-19(6-2,7-3)20-14-18(21)13-17-11-9-8-10-12-17/h8-12,16,18,20H,5-7,13-15H2,1-4H3. The molecule has 1 N–H and O–H groups in total. The van der Waals surface area contributed by atoms with E-state index >= 15 is 0 Å². The van der Waals surface area contributed by atoms with Gasteiger partial charge in [0.05, 0.1) is 0 Å². The van der Waals surface area contributed by atoms with Crippen LogP contribution < -0.4 is 5.32 Å². The minimum absolute atomic E-state index is 0.316. The quantitative estimate of drug-likeness (QED) is 0.855. The normalized spacial score (nSPS) is 23.9. The van der Waals surface area contributed by atoms with E-state index in [4.69, 9.17) is 0 Å². The molecule has 21 heavy (non-hydrogen) atoms. The van der Waals surface area contributed by atoms with Gasteiger partial charge in [-0.1, -0.05) is 51.1 Å². The van der Waals surface area contributed by atoms with Crippen LogP contribution in [-0.4, -0.2) is 35.6 Å². The molecule has 0 amide bonds. The van der Waals surface area contributed by atoms with Crippen molar-refractivity contribution in [3.8, 4) is 0 Å². The summed E-state index contributed by atoms with van der Waals surface area (Å²) in [6.07, 6.45) is 4.82. The van der Waals surface area contributed by atoms with Crippen molar-refractivity contribution in [2.75, 3.05) is 13.1 Å². The number of piperazine rings is 1. The molecule has 0 bridgehead atoms. The number of hydrogen-bond donors (Lipinski definition) is 1. The molecule has 1 aromatic rings. The summed E-state index contributed by atoms with van der Waals surface area (Å²) in [7, 11) is 0. The summed E-state index contributed by atoms with van der Waals surface area (Å²) >= 11 is 0. The van der Waals surface area contributed by atoms with Crippen molar-refractivity contribution >= 4 is 0 Å². The first kappa shape index (κ1) is 16.5. The third kappa shape index (κ3) is 3.87. The molecule has 2 heteroatoms. The molecular formula is C19H32N2. The number of hydrogen-bond acceptors (Lipinski definition) is 2. The van der Waals surface area contributed by atoms with Gasteiger partial charge in [-0.3, -0.25) is 4.90 Å². The highest BCUT2D eigenvalue weighted by Gasteiger charge is 2.38. The van der Waals surface area contributed by atoms with Gasteiger partial charge in [0, 0.05) is 30.7 Å². The van der Waals surface area contributed by atoms with Crippen LogP contribution in [0.5, 0.6) is 0 Å². The molecule has 2 unspecified atom stereocenters. The van der Waals surface area contributed by atoms with E-state index in [9.17, 15) is 0 Å². The van der Waals surface area contributed by atoms with E-state index in [1.807, 2.05) is 0 Å². The maximum Gasteiger partial charge on any atom is 0.0304 e. The Kier molecular flexibility index (Phi) is 5.83. The van der Waals surface area contributed by atoms with Gasteiger partial charge in [0.15, 0.2) is 0 Å². The predicted molar refractivity (Wildman–Crippen MR) is 91.7 cm³/mol. The van der Waals surface area contributed by atoms with Gasteiger partial charge in [0.2, 0.25) is 0 Å². The summed E-state index contributed by atoms with van der Waals surface area (Å²) < 4.78 is 0. The Bertz CT molecular complexity index is 411. The summed E-state index contributed by atoms with van der Waals surface area (Å²) in [6.45, 7) is 11.6. The molecule has 118 valence electrons. The smallest absolute Gasteiger partial charge is 0.0304 e. The largest absolute Gasteiger partial charge is 0.308 e. The Hall–Kier alpha value is -0.860. The average Bonchev–Trinajstić information content (AvgIpc) is 2.55. The summed E-state index contributed by atoms with van der Waals surface area (Å²) in [5, 5.41) is 3.87. The molecule has 1 aromatic carbocycles. The Morgan fingerprint density at radius 3 is 2.43 bits per heavy atom. The lowest BCUT2D eigenvalue weighted by molar-refractivity contribution is 0.0410. The fourth-order valence-corrected chi connectivity index (χ4v) is 3.54. The molecule has 0 aromatic heterocycles. The molecule has 0 radical (unpaired) electrons. The van der Waals surface area contributed by atoms with Crippen molar-refractivity contribution in [3.05, 3.63) is 35.9 Å². The highest BCUT2D eigenvalue weighted by Crippen LogP contribution is 2.26. The average molecular weight is 288 g/mol. The third-order valence-corrected chi connectivity index (χ3v) is 5.49. The fraction of sp³-hybridized carbons (Fsp3) is 0.684. The van der Waals surface area contributed by atoms with Crippen LogP contribution in [0.2, 0.25) is 0 Å². The summed E-state index contributed by atoms with van der Waals surface area (Å²) in [5.74, 6) is 0. The van der Waals surface area contributed by atoms with Gasteiger partial charge in [-0.05, 0) is 38.2 Å². The van der Waals surface area contributed by atoms with Crippen molar-refractivity contribution in [2.24, 2.45) is 0 Å². The van der Waals surface area contributed by atoms with Gasteiger partial charge in [0.25, 0.3) is 0 Å². The van der Waals surface area contributed by atoms with E-state index in [1.54, 1.807) is 0 Å². The lowest BCUT2D eigenvalue weighted by Gasteiger charge is -2.50. The number of benzene rings is 1. The van der Waals surface area contributed by atoms with Crippen LogP contribution in [0.4, 0.5) is 0 Å². The number of rotatable bonds is 6. The van der Waals surface area contributed by atoms with E-state index < -0.39 is 0 Å². The lowest BCUT2D eigenvalue weighted by atomic mass is 9.86. The van der Waals surface area contributed by atoms with Crippen LogP contribution in [0, 0.1) is 0 Å². The van der Waals surface area contributed by atoms with Gasteiger partial charge < -0.3 is 5.32 Å². The maximum atomic E-state index is 3.87. The molecule has 2 rings (SSSR count). The SMILES string of the molecule is CCC(C)N1CC(CC)(CC)NCC1Cc1ccccc1. The molecular weight excluding hydrogens is 256 g/mol. The highest BCUT2D eigenvalue weighted by molar-refractivity contribution is 5.17. The molecule has 1 heterocycles. The van der Waals surface area contributed by atoms with Crippen LogP contribution in [0.3, 0.4) is 0 Å². The van der Waals surface area contributed by atoms with Crippen molar-refractivity contribution < 1.29 is 0 Å².